The number of hydrogen-bond acceptors (Lipinski definition) is 3. The summed E-state index contributed by atoms with van der Waals surface area (Å²) in [6.45, 7) is 2.00. The summed E-state index contributed by atoms with van der Waals surface area (Å²) < 4.78 is 1.84. The fraction of sp³-hybridized carbons (Fsp3) is 0.273. The molecule has 5 nitrogen and oxygen atoms in total. The van der Waals surface area contributed by atoms with Gasteiger partial charge in [0.25, 0.3) is 5.91 Å². The van der Waals surface area contributed by atoms with E-state index in [2.05, 4.69) is 27.1 Å². The molecule has 0 N–H and O–H groups in total. The molecular formula is C11H13IN3O2P. The fourth-order valence-corrected chi connectivity index (χ4v) is 3.21. The number of nitrogens with zero attached hydrogens (tertiary/aromatic N) is 3. The van der Waals surface area contributed by atoms with Gasteiger partial charge in [-0.25, -0.2) is 9.52 Å². The Morgan fingerprint density at radius 3 is 2.89 bits per heavy atom. The standard InChI is InChI=1S/C11H13IN3O2P/c1-7-4-5-9-8(6-7)10(13-15(9)18-12)11(16)14(2)17-3/h4-6,18H,1-3H3. The monoisotopic (exact) mass is 377 g/mol. The van der Waals surface area contributed by atoms with Crippen LogP contribution < -0.4 is 0 Å². The second-order valence-electron chi connectivity index (χ2n) is 3.85. The average molecular weight is 377 g/mol. The van der Waals surface area contributed by atoms with Crippen LogP contribution in [0.1, 0.15) is 16.1 Å². The summed E-state index contributed by atoms with van der Waals surface area (Å²) in [7, 11) is 3.04. The van der Waals surface area contributed by atoms with Crippen LogP contribution in [0.2, 0.25) is 0 Å². The molecule has 1 unspecified atom stereocenters. The first-order valence-electron chi connectivity index (χ1n) is 5.26. The van der Waals surface area contributed by atoms with Crippen LogP contribution in [0.5, 0.6) is 0 Å². The van der Waals surface area contributed by atoms with Crippen LogP contribution in [0.3, 0.4) is 0 Å². The van der Waals surface area contributed by atoms with E-state index in [4.69, 9.17) is 4.84 Å². The van der Waals surface area contributed by atoms with Crippen molar-refractivity contribution < 1.29 is 9.63 Å². The molecule has 0 bridgehead atoms. The lowest BCUT2D eigenvalue weighted by molar-refractivity contribution is -0.0759. The molecule has 1 aromatic carbocycles. The number of carbonyl (C=O) groups is 1. The number of hydroxylamine groups is 2. The quantitative estimate of drug-likeness (QED) is 0.470. The van der Waals surface area contributed by atoms with E-state index < -0.39 is 0 Å². The Morgan fingerprint density at radius 2 is 2.28 bits per heavy atom. The second kappa shape index (κ2) is 5.50. The maximum absolute atomic E-state index is 12.2. The van der Waals surface area contributed by atoms with Gasteiger partial charge >= 0.3 is 0 Å². The fourth-order valence-electron chi connectivity index (χ4n) is 1.69. The molecule has 7 heteroatoms. The molecule has 18 heavy (non-hydrogen) atoms. The Hall–Kier alpha value is -0.720. The molecule has 0 radical (unpaired) electrons. The second-order valence-corrected chi connectivity index (χ2v) is 5.89. The highest BCUT2D eigenvalue weighted by Crippen LogP contribution is 2.31. The molecule has 96 valence electrons. The van der Waals surface area contributed by atoms with Gasteiger partial charge in [0.15, 0.2) is 5.69 Å². The highest BCUT2D eigenvalue weighted by atomic mass is 127. The molecule has 1 aromatic heterocycles. The van der Waals surface area contributed by atoms with Gasteiger partial charge in [0.05, 0.1) is 19.0 Å². The first-order valence-corrected chi connectivity index (χ1v) is 9.33. The Bertz CT molecular complexity index is 599. The van der Waals surface area contributed by atoms with E-state index in [0.717, 1.165) is 16.5 Å². The number of aryl methyl sites for hydroxylation is 1. The molecule has 1 atom stereocenters. The van der Waals surface area contributed by atoms with E-state index in [-0.39, 0.29) is 5.91 Å². The van der Waals surface area contributed by atoms with Crippen molar-refractivity contribution in [3.05, 3.63) is 29.5 Å². The molecule has 0 aliphatic rings. The minimum absolute atomic E-state index is 0.235. The summed E-state index contributed by atoms with van der Waals surface area (Å²) in [5.41, 5.74) is 2.51. The Morgan fingerprint density at radius 1 is 1.56 bits per heavy atom. The summed E-state index contributed by atoms with van der Waals surface area (Å²) in [4.78, 5) is 17.1. The van der Waals surface area contributed by atoms with Crippen LogP contribution >= 0.6 is 28.4 Å². The molecule has 0 spiro atoms. The maximum atomic E-state index is 12.2. The molecule has 0 aliphatic heterocycles. The van der Waals surface area contributed by atoms with Crippen molar-refractivity contribution in [1.82, 2.24) is 14.6 Å². The van der Waals surface area contributed by atoms with E-state index in [9.17, 15) is 4.79 Å². The smallest absolute Gasteiger partial charge is 0.274 e. The van der Waals surface area contributed by atoms with Crippen LogP contribution in [0, 0.1) is 6.92 Å². The van der Waals surface area contributed by atoms with Crippen LogP contribution in [0.4, 0.5) is 0 Å². The minimum atomic E-state index is -0.235. The first-order chi connectivity index (χ1) is 8.58. The minimum Gasteiger partial charge on any atom is -0.274 e. The van der Waals surface area contributed by atoms with Gasteiger partial charge < -0.3 is 0 Å². The summed E-state index contributed by atoms with van der Waals surface area (Å²) in [6, 6.07) is 5.99. The molecule has 0 saturated carbocycles. The van der Waals surface area contributed by atoms with Crippen LogP contribution in [-0.2, 0) is 4.84 Å². The van der Waals surface area contributed by atoms with Gasteiger partial charge in [-0.3, -0.25) is 9.63 Å². The summed E-state index contributed by atoms with van der Waals surface area (Å²) in [6.07, 6.45) is 0.452. The lowest BCUT2D eigenvalue weighted by atomic mass is 10.1. The van der Waals surface area contributed by atoms with Crippen molar-refractivity contribution in [2.24, 2.45) is 0 Å². The lowest BCUT2D eigenvalue weighted by Crippen LogP contribution is -2.26. The van der Waals surface area contributed by atoms with Gasteiger partial charge in [-0.05, 0) is 41.1 Å². The zero-order valence-corrected chi connectivity index (χ0v) is 13.4. The number of hydrogen-bond donors (Lipinski definition) is 0. The third-order valence-electron chi connectivity index (χ3n) is 2.68. The third kappa shape index (κ3) is 2.37. The number of fused-ring (bicyclic) bond motifs is 1. The van der Waals surface area contributed by atoms with Gasteiger partial charge in [0, 0.05) is 12.4 Å². The van der Waals surface area contributed by atoms with Gasteiger partial charge in [0.1, 0.15) is 0 Å². The zero-order valence-electron chi connectivity index (χ0n) is 10.3. The number of halogens is 1. The third-order valence-corrected chi connectivity index (χ3v) is 4.55. The molecule has 2 rings (SSSR count). The molecule has 0 aliphatic carbocycles. The van der Waals surface area contributed by atoms with E-state index >= 15 is 0 Å². The van der Waals surface area contributed by atoms with E-state index in [1.807, 2.05) is 29.6 Å². The van der Waals surface area contributed by atoms with Gasteiger partial charge in [-0.15, -0.1) is 0 Å². The van der Waals surface area contributed by atoms with Crippen molar-refractivity contribution in [3.8, 4) is 0 Å². The normalized spacial score (nSPS) is 11.6. The topological polar surface area (TPSA) is 47.4 Å². The number of carbonyl (C=O) groups excluding carboxylic acids is 1. The van der Waals surface area contributed by atoms with Gasteiger partial charge in [-0.1, -0.05) is 11.6 Å². The molecular weight excluding hydrogens is 364 g/mol. The Labute approximate surface area is 120 Å². The van der Waals surface area contributed by atoms with Crippen LogP contribution in [-0.4, -0.2) is 34.7 Å². The number of rotatable bonds is 3. The summed E-state index contributed by atoms with van der Waals surface area (Å²) >= 11 is 2.25. The van der Waals surface area contributed by atoms with Crippen LogP contribution in [0.25, 0.3) is 10.9 Å². The highest BCUT2D eigenvalue weighted by Gasteiger charge is 2.20. The summed E-state index contributed by atoms with van der Waals surface area (Å²) in [5, 5.41) is 6.42. The summed E-state index contributed by atoms with van der Waals surface area (Å²) in [5.74, 6) is -0.235. The van der Waals surface area contributed by atoms with E-state index in [0.29, 0.717) is 12.1 Å². The van der Waals surface area contributed by atoms with Crippen molar-refractivity contribution >= 4 is 45.2 Å². The maximum Gasteiger partial charge on any atom is 0.298 e. The van der Waals surface area contributed by atoms with Crippen LogP contribution in [0.15, 0.2) is 18.2 Å². The molecule has 1 heterocycles. The Balaban J connectivity index is 2.63. The zero-order chi connectivity index (χ0) is 13.3. The van der Waals surface area contributed by atoms with Crippen molar-refractivity contribution in [1.29, 1.82) is 0 Å². The molecule has 0 saturated heterocycles. The molecule has 0 fully saturated rings. The lowest BCUT2D eigenvalue weighted by Gasteiger charge is -2.11. The van der Waals surface area contributed by atoms with E-state index in [1.165, 1.54) is 12.2 Å². The van der Waals surface area contributed by atoms with Gasteiger partial charge in [-0.2, -0.15) is 5.10 Å². The molecule has 2 aromatic rings. The number of benzene rings is 1. The highest BCUT2D eigenvalue weighted by molar-refractivity contribution is 14.2. The van der Waals surface area contributed by atoms with E-state index in [1.54, 1.807) is 7.05 Å². The largest absolute Gasteiger partial charge is 0.298 e. The SMILES string of the molecule is CON(C)C(=O)c1nn(PI)c2ccc(C)cc12. The predicted octanol–water partition coefficient (Wildman–Crippen LogP) is 2.77. The predicted molar refractivity (Wildman–Crippen MR) is 81.3 cm³/mol. The first kappa shape index (κ1) is 13.7. The Kier molecular flexibility index (Phi) is 4.19. The number of amides is 1. The average Bonchev–Trinajstić information content (AvgIpc) is 2.74. The van der Waals surface area contributed by atoms with Crippen molar-refractivity contribution in [3.63, 3.8) is 0 Å². The number of aromatic nitrogens is 2. The van der Waals surface area contributed by atoms with Gasteiger partial charge in [0.2, 0.25) is 0 Å². The molecule has 1 amide bonds. The van der Waals surface area contributed by atoms with Crippen molar-refractivity contribution in [2.45, 2.75) is 6.92 Å². The van der Waals surface area contributed by atoms with Crippen molar-refractivity contribution in [2.75, 3.05) is 14.2 Å².